The van der Waals surface area contributed by atoms with Crippen molar-refractivity contribution in [2.45, 2.75) is 31.5 Å². The van der Waals surface area contributed by atoms with Crippen LogP contribution in [0.1, 0.15) is 34.5 Å². The van der Waals surface area contributed by atoms with Crippen LogP contribution in [0.2, 0.25) is 0 Å². The fourth-order valence-electron chi connectivity index (χ4n) is 4.59. The molecule has 0 saturated carbocycles. The van der Waals surface area contributed by atoms with E-state index in [4.69, 9.17) is 10.2 Å². The third kappa shape index (κ3) is 6.42. The first-order valence-electron chi connectivity index (χ1n) is 12.5. The fraction of sp³-hybridized carbons (Fsp3) is 0.207. The van der Waals surface area contributed by atoms with Gasteiger partial charge in [-0.25, -0.2) is 23.3 Å². The standard InChI is InChI=1S/C29H26F2N7OS.HI/c1-19(28-36-26(15-40-28)21-7-5-20(13-32)6-8-21)29(39,24-12-23(30)9-10-25(24)31)16-38-18-37(17-35-38)14-22-4-3-11-34-27(22)33-2;/h3-12,15,17-19,39H,14,16H2,1-2H3,(H,33,34);1H/q+1;/p-1/t19-,29+;/m0./s1. The van der Waals surface area contributed by atoms with Crippen LogP contribution < -0.4 is 33.9 Å². The second kappa shape index (κ2) is 12.8. The largest absolute Gasteiger partial charge is 1.00 e. The molecule has 0 saturated heterocycles. The maximum absolute atomic E-state index is 15.1. The minimum atomic E-state index is -1.89. The van der Waals surface area contributed by atoms with Crippen LogP contribution in [0.15, 0.2) is 78.8 Å². The average molecular weight is 686 g/mol. The Bertz CT molecular complexity index is 1690. The topological polar surface area (TPSA) is 104 Å². The number of anilines is 1. The van der Waals surface area contributed by atoms with Crippen molar-refractivity contribution in [3.63, 3.8) is 0 Å². The van der Waals surface area contributed by atoms with E-state index in [0.29, 0.717) is 22.8 Å². The summed E-state index contributed by atoms with van der Waals surface area (Å²) in [6, 6.07) is 15.9. The number of nitrogens with one attached hydrogen (secondary N) is 1. The highest BCUT2D eigenvalue weighted by Gasteiger charge is 2.43. The van der Waals surface area contributed by atoms with E-state index in [2.05, 4.69) is 21.5 Å². The molecule has 0 radical (unpaired) electrons. The second-order valence-electron chi connectivity index (χ2n) is 9.41. The van der Waals surface area contributed by atoms with Crippen molar-refractivity contribution in [2.75, 3.05) is 12.4 Å². The summed E-state index contributed by atoms with van der Waals surface area (Å²) in [4.78, 5) is 9.03. The first kappa shape index (κ1) is 30.2. The van der Waals surface area contributed by atoms with Gasteiger partial charge >= 0.3 is 0 Å². The van der Waals surface area contributed by atoms with Crippen molar-refractivity contribution in [3.05, 3.63) is 112 Å². The third-order valence-electron chi connectivity index (χ3n) is 6.83. The van der Waals surface area contributed by atoms with Crippen molar-refractivity contribution in [2.24, 2.45) is 0 Å². The lowest BCUT2D eigenvalue weighted by atomic mass is 9.82. The molecule has 0 amide bonds. The Kier molecular flexibility index (Phi) is 9.42. The van der Waals surface area contributed by atoms with Gasteiger partial charge in [0.25, 0.3) is 6.33 Å². The van der Waals surface area contributed by atoms with E-state index in [-0.39, 0.29) is 36.1 Å². The zero-order valence-electron chi connectivity index (χ0n) is 22.2. The lowest BCUT2D eigenvalue weighted by Crippen LogP contribution is -3.00. The van der Waals surface area contributed by atoms with Gasteiger partial charge in [-0.15, -0.1) is 16.0 Å². The molecule has 0 bridgehead atoms. The van der Waals surface area contributed by atoms with E-state index in [0.717, 1.165) is 35.1 Å². The number of nitrogens with zero attached hydrogens (tertiary/aromatic N) is 6. The maximum atomic E-state index is 15.1. The maximum Gasteiger partial charge on any atom is 0.265 e. The van der Waals surface area contributed by atoms with Gasteiger partial charge in [-0.2, -0.15) is 5.26 Å². The molecule has 5 aromatic rings. The molecule has 2 aromatic carbocycles. The van der Waals surface area contributed by atoms with E-state index in [1.165, 1.54) is 16.0 Å². The predicted octanol–water partition coefficient (Wildman–Crippen LogP) is 1.62. The Morgan fingerprint density at radius 2 is 1.98 bits per heavy atom. The Labute approximate surface area is 257 Å². The van der Waals surface area contributed by atoms with Gasteiger partial charge in [-0.05, 0) is 36.4 Å². The number of nitriles is 1. The Balaban J connectivity index is 0.00000387. The number of thiazole rings is 1. The molecule has 0 spiro atoms. The van der Waals surface area contributed by atoms with E-state index >= 15 is 4.39 Å². The smallest absolute Gasteiger partial charge is 0.265 e. The number of benzene rings is 2. The molecule has 0 fully saturated rings. The molecule has 3 aromatic heterocycles. The number of pyridine rings is 1. The Hall–Kier alpha value is -3.80. The molecule has 0 aliphatic carbocycles. The summed E-state index contributed by atoms with van der Waals surface area (Å²) in [6.07, 6.45) is 5.00. The van der Waals surface area contributed by atoms with E-state index in [1.807, 2.05) is 22.1 Å². The monoisotopic (exact) mass is 685 g/mol. The fourth-order valence-corrected chi connectivity index (χ4v) is 5.56. The van der Waals surface area contributed by atoms with Crippen LogP contribution in [0.4, 0.5) is 14.6 Å². The number of halogens is 3. The van der Waals surface area contributed by atoms with Crippen LogP contribution in [-0.2, 0) is 18.7 Å². The molecule has 210 valence electrons. The van der Waals surface area contributed by atoms with E-state index < -0.39 is 23.2 Å². The summed E-state index contributed by atoms with van der Waals surface area (Å²) in [7, 11) is 1.79. The number of rotatable bonds is 9. The molecule has 12 heteroatoms. The van der Waals surface area contributed by atoms with Crippen molar-refractivity contribution in [1.29, 1.82) is 5.26 Å². The molecule has 41 heavy (non-hydrogen) atoms. The summed E-state index contributed by atoms with van der Waals surface area (Å²) in [5, 5.41) is 31.0. The van der Waals surface area contributed by atoms with E-state index in [9.17, 15) is 9.50 Å². The molecule has 0 aliphatic rings. The van der Waals surface area contributed by atoms with Gasteiger partial charge in [-0.3, -0.25) is 0 Å². The Morgan fingerprint density at radius 1 is 1.20 bits per heavy atom. The number of aliphatic hydroxyl groups is 1. The zero-order valence-corrected chi connectivity index (χ0v) is 25.1. The number of hydrogen-bond acceptors (Lipinski definition) is 7. The number of hydrogen-bond donors (Lipinski definition) is 2. The van der Waals surface area contributed by atoms with Crippen LogP contribution in [-0.4, -0.2) is 31.9 Å². The molecular weight excluding hydrogens is 659 g/mol. The van der Waals surface area contributed by atoms with Gasteiger partial charge < -0.3 is 34.4 Å². The summed E-state index contributed by atoms with van der Waals surface area (Å²) >= 11 is 1.31. The summed E-state index contributed by atoms with van der Waals surface area (Å²) in [6.45, 7) is 2.05. The minimum absolute atomic E-state index is 0. The van der Waals surface area contributed by atoms with Gasteiger partial charge in [0.05, 0.1) is 28.9 Å². The zero-order chi connectivity index (χ0) is 28.3. The van der Waals surface area contributed by atoms with Crippen molar-refractivity contribution >= 4 is 17.2 Å². The quantitative estimate of drug-likeness (QED) is 0.181. The summed E-state index contributed by atoms with van der Waals surface area (Å²) in [5.41, 5.74) is 0.867. The van der Waals surface area contributed by atoms with Gasteiger partial charge in [0.15, 0.2) is 0 Å². The molecule has 3 heterocycles. The average Bonchev–Trinajstić information content (AvgIpc) is 3.64. The molecular formula is C29H26F2IN7OS. The Morgan fingerprint density at radius 3 is 2.71 bits per heavy atom. The lowest BCUT2D eigenvalue weighted by molar-refractivity contribution is -0.689. The third-order valence-corrected chi connectivity index (χ3v) is 7.85. The number of aromatic nitrogens is 5. The van der Waals surface area contributed by atoms with Crippen LogP contribution in [0, 0.1) is 23.0 Å². The summed E-state index contributed by atoms with van der Waals surface area (Å²) in [5.74, 6) is -1.39. The van der Waals surface area contributed by atoms with E-state index in [1.54, 1.807) is 57.1 Å². The highest BCUT2D eigenvalue weighted by Crippen LogP contribution is 2.41. The van der Waals surface area contributed by atoms with Gasteiger partial charge in [0.2, 0.25) is 6.33 Å². The molecule has 8 nitrogen and oxygen atoms in total. The van der Waals surface area contributed by atoms with Gasteiger partial charge in [0.1, 0.15) is 29.6 Å². The second-order valence-corrected chi connectivity index (χ2v) is 10.3. The molecule has 2 atom stereocenters. The highest BCUT2D eigenvalue weighted by atomic mass is 127. The van der Waals surface area contributed by atoms with Crippen LogP contribution in [0.25, 0.3) is 11.3 Å². The van der Waals surface area contributed by atoms with Crippen LogP contribution in [0.5, 0.6) is 0 Å². The molecule has 2 N–H and O–H groups in total. The van der Waals surface area contributed by atoms with Gasteiger partial charge in [-0.1, -0.05) is 25.1 Å². The SMILES string of the molecule is CNc1ncccc1C[n+]1cnn(C[C@](O)(c2cc(F)ccc2F)[C@@H](C)c2nc(-c3ccc(C#N)cc3)cs2)c1.[I-]. The lowest BCUT2D eigenvalue weighted by Gasteiger charge is -2.32. The normalized spacial score (nSPS) is 13.1. The predicted molar refractivity (Wildman–Crippen MR) is 146 cm³/mol. The van der Waals surface area contributed by atoms with Crippen molar-refractivity contribution in [1.82, 2.24) is 19.7 Å². The van der Waals surface area contributed by atoms with Crippen molar-refractivity contribution < 1.29 is 42.4 Å². The van der Waals surface area contributed by atoms with Gasteiger partial charge in [0, 0.05) is 46.3 Å². The molecule has 0 unspecified atom stereocenters. The molecule has 0 aliphatic heterocycles. The van der Waals surface area contributed by atoms with Crippen LogP contribution in [0.3, 0.4) is 0 Å². The minimum Gasteiger partial charge on any atom is -1.00 e. The van der Waals surface area contributed by atoms with Crippen molar-refractivity contribution in [3.8, 4) is 17.3 Å². The highest BCUT2D eigenvalue weighted by molar-refractivity contribution is 7.10. The first-order chi connectivity index (χ1) is 19.3. The molecule has 5 rings (SSSR count). The van der Waals surface area contributed by atoms with Crippen LogP contribution >= 0.6 is 11.3 Å². The summed E-state index contributed by atoms with van der Waals surface area (Å²) < 4.78 is 32.8. The first-order valence-corrected chi connectivity index (χ1v) is 13.4.